The van der Waals surface area contributed by atoms with Crippen LogP contribution in [0.4, 0.5) is 0 Å². The van der Waals surface area contributed by atoms with Crippen molar-refractivity contribution in [3.63, 3.8) is 0 Å². The molecule has 1 amide bonds. The molecule has 0 unspecified atom stereocenters. The standard InChI is InChI=1S/C19H24N2O4S/c1-15-13-17(25-3)9-10-18(15)26(23,24)20-12-11-19(22)21(2)14-16-7-5-4-6-8-16/h4-10,13,20H,11-12,14H2,1-3H3. The van der Waals surface area contributed by atoms with Crippen LogP contribution in [0.3, 0.4) is 0 Å². The van der Waals surface area contributed by atoms with Crippen molar-refractivity contribution < 1.29 is 17.9 Å². The molecule has 1 N–H and O–H groups in total. The number of rotatable bonds is 8. The number of amides is 1. The van der Waals surface area contributed by atoms with Crippen molar-refractivity contribution in [2.24, 2.45) is 0 Å². The lowest BCUT2D eigenvalue weighted by molar-refractivity contribution is -0.130. The van der Waals surface area contributed by atoms with Crippen LogP contribution >= 0.6 is 0 Å². The van der Waals surface area contributed by atoms with Crippen molar-refractivity contribution in [3.05, 3.63) is 59.7 Å². The fourth-order valence-electron chi connectivity index (χ4n) is 2.56. The highest BCUT2D eigenvalue weighted by Gasteiger charge is 2.18. The van der Waals surface area contributed by atoms with Crippen LogP contribution in [-0.4, -0.2) is 39.9 Å². The van der Waals surface area contributed by atoms with Crippen LogP contribution in [0, 0.1) is 6.92 Å². The summed E-state index contributed by atoms with van der Waals surface area (Å²) in [6, 6.07) is 14.4. The summed E-state index contributed by atoms with van der Waals surface area (Å²) >= 11 is 0. The van der Waals surface area contributed by atoms with Crippen molar-refractivity contribution in [2.45, 2.75) is 24.8 Å². The normalized spacial score (nSPS) is 11.2. The van der Waals surface area contributed by atoms with Crippen molar-refractivity contribution >= 4 is 15.9 Å². The summed E-state index contributed by atoms with van der Waals surface area (Å²) in [5.41, 5.74) is 1.61. The topological polar surface area (TPSA) is 75.7 Å². The lowest BCUT2D eigenvalue weighted by atomic mass is 10.2. The number of carbonyl (C=O) groups excluding carboxylic acids is 1. The Morgan fingerprint density at radius 3 is 2.46 bits per heavy atom. The van der Waals surface area contributed by atoms with E-state index in [0.29, 0.717) is 17.9 Å². The van der Waals surface area contributed by atoms with Crippen LogP contribution in [0.25, 0.3) is 0 Å². The SMILES string of the molecule is COc1ccc(S(=O)(=O)NCCC(=O)N(C)Cc2ccccc2)c(C)c1. The van der Waals surface area contributed by atoms with Crippen LogP contribution in [-0.2, 0) is 21.4 Å². The Balaban J connectivity index is 1.90. The summed E-state index contributed by atoms with van der Waals surface area (Å²) in [7, 11) is -0.440. The summed E-state index contributed by atoms with van der Waals surface area (Å²) in [5, 5.41) is 0. The number of methoxy groups -OCH3 is 1. The first-order valence-electron chi connectivity index (χ1n) is 8.25. The van der Waals surface area contributed by atoms with Gasteiger partial charge < -0.3 is 9.64 Å². The Morgan fingerprint density at radius 2 is 1.85 bits per heavy atom. The molecule has 2 aromatic carbocycles. The number of aryl methyl sites for hydroxylation is 1. The average molecular weight is 376 g/mol. The van der Waals surface area contributed by atoms with Gasteiger partial charge in [-0.05, 0) is 36.2 Å². The molecule has 0 saturated carbocycles. The van der Waals surface area contributed by atoms with E-state index in [9.17, 15) is 13.2 Å². The molecule has 0 heterocycles. The zero-order valence-corrected chi connectivity index (χ0v) is 16.0. The summed E-state index contributed by atoms with van der Waals surface area (Å²) < 4.78 is 32.4. The predicted molar refractivity (Wildman–Crippen MR) is 100 cm³/mol. The molecule has 2 rings (SSSR count). The molecule has 0 radical (unpaired) electrons. The highest BCUT2D eigenvalue weighted by atomic mass is 32.2. The number of carbonyl (C=O) groups is 1. The Labute approximate surface area is 154 Å². The van der Waals surface area contributed by atoms with Gasteiger partial charge in [0.05, 0.1) is 12.0 Å². The molecule has 0 saturated heterocycles. The molecular weight excluding hydrogens is 352 g/mol. The van der Waals surface area contributed by atoms with E-state index in [4.69, 9.17) is 4.74 Å². The van der Waals surface area contributed by atoms with Crippen LogP contribution in [0.2, 0.25) is 0 Å². The van der Waals surface area contributed by atoms with Gasteiger partial charge >= 0.3 is 0 Å². The van der Waals surface area contributed by atoms with Crippen molar-refractivity contribution in [1.82, 2.24) is 9.62 Å². The van der Waals surface area contributed by atoms with Gasteiger partial charge in [-0.15, -0.1) is 0 Å². The van der Waals surface area contributed by atoms with E-state index in [1.165, 1.54) is 13.2 Å². The Bertz CT molecular complexity index is 851. The number of benzene rings is 2. The molecule has 0 aromatic heterocycles. The summed E-state index contributed by atoms with van der Waals surface area (Å²) in [5.74, 6) is 0.474. The molecule has 7 heteroatoms. The second kappa shape index (κ2) is 8.82. The molecule has 0 fully saturated rings. The highest BCUT2D eigenvalue weighted by molar-refractivity contribution is 7.89. The van der Waals surface area contributed by atoms with E-state index in [1.807, 2.05) is 30.3 Å². The van der Waals surface area contributed by atoms with E-state index in [0.717, 1.165) is 5.56 Å². The van der Waals surface area contributed by atoms with Gasteiger partial charge in [-0.25, -0.2) is 13.1 Å². The Hall–Kier alpha value is -2.38. The van der Waals surface area contributed by atoms with Crippen LogP contribution < -0.4 is 9.46 Å². The quantitative estimate of drug-likeness (QED) is 0.767. The van der Waals surface area contributed by atoms with Crippen LogP contribution in [0.15, 0.2) is 53.4 Å². The minimum atomic E-state index is -3.67. The smallest absolute Gasteiger partial charge is 0.240 e. The van der Waals surface area contributed by atoms with Gasteiger partial charge in [0.2, 0.25) is 15.9 Å². The number of hydrogen-bond donors (Lipinski definition) is 1. The third-order valence-corrected chi connectivity index (χ3v) is 5.61. The minimum absolute atomic E-state index is 0.0474. The van der Waals surface area contributed by atoms with Gasteiger partial charge in [0.25, 0.3) is 0 Å². The van der Waals surface area contributed by atoms with E-state index in [-0.39, 0.29) is 23.8 Å². The van der Waals surface area contributed by atoms with E-state index in [2.05, 4.69) is 4.72 Å². The fraction of sp³-hybridized carbons (Fsp3) is 0.316. The zero-order chi connectivity index (χ0) is 19.2. The van der Waals surface area contributed by atoms with Crippen LogP contribution in [0.1, 0.15) is 17.5 Å². The summed E-state index contributed by atoms with van der Waals surface area (Å²) in [6.45, 7) is 2.24. The molecule has 0 atom stereocenters. The third kappa shape index (κ3) is 5.31. The van der Waals surface area contributed by atoms with Crippen LogP contribution in [0.5, 0.6) is 5.75 Å². The molecule has 0 spiro atoms. The number of nitrogens with zero attached hydrogens (tertiary/aromatic N) is 1. The third-order valence-electron chi connectivity index (χ3n) is 3.99. The molecule has 2 aromatic rings. The Kier molecular flexibility index (Phi) is 6.76. The van der Waals surface area contributed by atoms with Crippen molar-refractivity contribution in [3.8, 4) is 5.75 Å². The second-order valence-electron chi connectivity index (χ2n) is 6.01. The second-order valence-corrected chi connectivity index (χ2v) is 7.75. The van der Waals surface area contributed by atoms with Gasteiger partial charge in [-0.3, -0.25) is 4.79 Å². The van der Waals surface area contributed by atoms with E-state index in [1.54, 1.807) is 31.0 Å². The predicted octanol–water partition coefficient (Wildman–Crippen LogP) is 2.33. The molecule has 0 aliphatic carbocycles. The molecular formula is C19H24N2O4S. The number of ether oxygens (including phenoxy) is 1. The Morgan fingerprint density at radius 1 is 1.15 bits per heavy atom. The van der Waals surface area contributed by atoms with Gasteiger partial charge in [0.1, 0.15) is 5.75 Å². The zero-order valence-electron chi connectivity index (χ0n) is 15.2. The first kappa shape index (κ1) is 19.9. The monoisotopic (exact) mass is 376 g/mol. The molecule has 0 bridgehead atoms. The minimum Gasteiger partial charge on any atom is -0.497 e. The molecule has 0 aliphatic rings. The molecule has 6 nitrogen and oxygen atoms in total. The largest absolute Gasteiger partial charge is 0.497 e. The molecule has 0 aliphatic heterocycles. The lowest BCUT2D eigenvalue weighted by Crippen LogP contribution is -2.32. The highest BCUT2D eigenvalue weighted by Crippen LogP contribution is 2.20. The lowest BCUT2D eigenvalue weighted by Gasteiger charge is -2.17. The first-order chi connectivity index (χ1) is 12.3. The van der Waals surface area contributed by atoms with Gasteiger partial charge in [-0.1, -0.05) is 30.3 Å². The number of sulfonamides is 1. The molecule has 26 heavy (non-hydrogen) atoms. The van der Waals surface area contributed by atoms with E-state index < -0.39 is 10.0 Å². The van der Waals surface area contributed by atoms with Crippen molar-refractivity contribution in [1.29, 1.82) is 0 Å². The van der Waals surface area contributed by atoms with Gasteiger partial charge in [0, 0.05) is 26.6 Å². The maximum Gasteiger partial charge on any atom is 0.240 e. The molecule has 140 valence electrons. The summed E-state index contributed by atoms with van der Waals surface area (Å²) in [6.07, 6.45) is 0.0950. The average Bonchev–Trinajstić information content (AvgIpc) is 2.61. The van der Waals surface area contributed by atoms with E-state index >= 15 is 0 Å². The van der Waals surface area contributed by atoms with Gasteiger partial charge in [-0.2, -0.15) is 0 Å². The van der Waals surface area contributed by atoms with Gasteiger partial charge in [0.15, 0.2) is 0 Å². The fourth-order valence-corrected chi connectivity index (χ4v) is 3.81. The maximum atomic E-state index is 12.4. The number of nitrogens with one attached hydrogen (secondary N) is 1. The van der Waals surface area contributed by atoms with Crippen molar-refractivity contribution in [2.75, 3.05) is 20.7 Å². The summed E-state index contributed by atoms with van der Waals surface area (Å²) in [4.78, 5) is 14.0. The maximum absolute atomic E-state index is 12.4. The number of hydrogen-bond acceptors (Lipinski definition) is 4. The first-order valence-corrected chi connectivity index (χ1v) is 9.74.